The second-order valence-corrected chi connectivity index (χ2v) is 4.36. The molecular formula is C11H24N2O. The molecule has 1 saturated heterocycles. The van der Waals surface area contributed by atoms with Gasteiger partial charge >= 0.3 is 0 Å². The van der Waals surface area contributed by atoms with Crippen LogP contribution < -0.4 is 5.32 Å². The number of aliphatic hydroxyl groups is 1. The molecule has 14 heavy (non-hydrogen) atoms. The maximum absolute atomic E-state index is 8.60. The summed E-state index contributed by atoms with van der Waals surface area (Å²) >= 11 is 0. The fourth-order valence-electron chi connectivity index (χ4n) is 1.99. The summed E-state index contributed by atoms with van der Waals surface area (Å²) in [5.41, 5.74) is 0. The van der Waals surface area contributed by atoms with Crippen LogP contribution in [0.5, 0.6) is 0 Å². The lowest BCUT2D eigenvalue weighted by molar-refractivity contribution is 0.211. The third kappa shape index (κ3) is 4.94. The minimum atomic E-state index is 0.307. The fourth-order valence-corrected chi connectivity index (χ4v) is 1.99. The molecule has 0 spiro atoms. The molecule has 0 amide bonds. The van der Waals surface area contributed by atoms with E-state index in [0.717, 1.165) is 25.4 Å². The molecule has 3 heteroatoms. The van der Waals surface area contributed by atoms with Crippen LogP contribution in [-0.4, -0.2) is 49.8 Å². The Balaban J connectivity index is 1.91. The monoisotopic (exact) mass is 200 g/mol. The standard InChI is InChI=1S/C11H24N2O/c1-13-8-4-11(5-9-13)3-7-12-6-2-10-14/h11-12,14H,2-10H2,1H3. The van der Waals surface area contributed by atoms with E-state index in [0.29, 0.717) is 6.61 Å². The van der Waals surface area contributed by atoms with Gasteiger partial charge in [-0.15, -0.1) is 0 Å². The van der Waals surface area contributed by atoms with E-state index in [1.54, 1.807) is 0 Å². The number of hydrogen-bond acceptors (Lipinski definition) is 3. The lowest BCUT2D eigenvalue weighted by atomic mass is 9.94. The van der Waals surface area contributed by atoms with Crippen LogP contribution in [0.4, 0.5) is 0 Å². The van der Waals surface area contributed by atoms with Crippen molar-refractivity contribution in [1.82, 2.24) is 10.2 Å². The fraction of sp³-hybridized carbons (Fsp3) is 1.00. The van der Waals surface area contributed by atoms with Crippen molar-refractivity contribution in [2.24, 2.45) is 5.92 Å². The van der Waals surface area contributed by atoms with Crippen molar-refractivity contribution in [3.63, 3.8) is 0 Å². The molecule has 0 atom stereocenters. The van der Waals surface area contributed by atoms with Gasteiger partial charge in [0.05, 0.1) is 0 Å². The predicted molar refractivity (Wildman–Crippen MR) is 59.4 cm³/mol. The maximum atomic E-state index is 8.60. The number of likely N-dealkylation sites (tertiary alicyclic amines) is 1. The highest BCUT2D eigenvalue weighted by Gasteiger charge is 2.15. The summed E-state index contributed by atoms with van der Waals surface area (Å²) in [6.45, 7) is 4.92. The van der Waals surface area contributed by atoms with Crippen molar-refractivity contribution in [2.45, 2.75) is 25.7 Å². The summed E-state index contributed by atoms with van der Waals surface area (Å²) in [6, 6.07) is 0. The minimum absolute atomic E-state index is 0.307. The average molecular weight is 200 g/mol. The summed E-state index contributed by atoms with van der Waals surface area (Å²) in [7, 11) is 2.20. The largest absolute Gasteiger partial charge is 0.396 e. The van der Waals surface area contributed by atoms with Crippen LogP contribution in [0, 0.1) is 5.92 Å². The van der Waals surface area contributed by atoms with E-state index in [1.807, 2.05) is 0 Å². The Morgan fingerprint density at radius 3 is 2.64 bits per heavy atom. The van der Waals surface area contributed by atoms with Gasteiger partial charge in [-0.3, -0.25) is 0 Å². The summed E-state index contributed by atoms with van der Waals surface area (Å²) in [6.07, 6.45) is 4.91. The van der Waals surface area contributed by atoms with Crippen LogP contribution in [0.15, 0.2) is 0 Å². The summed E-state index contributed by atoms with van der Waals surface area (Å²) in [5.74, 6) is 0.924. The van der Waals surface area contributed by atoms with Gasteiger partial charge in [-0.05, 0) is 64.8 Å². The second-order valence-electron chi connectivity index (χ2n) is 4.36. The Hall–Kier alpha value is -0.120. The van der Waals surface area contributed by atoms with E-state index in [9.17, 15) is 0 Å². The first kappa shape index (κ1) is 12.0. The highest BCUT2D eigenvalue weighted by molar-refractivity contribution is 4.70. The molecule has 0 aliphatic carbocycles. The van der Waals surface area contributed by atoms with E-state index in [1.165, 1.54) is 32.4 Å². The molecule has 1 aliphatic heterocycles. The molecule has 1 heterocycles. The first-order valence-electron chi connectivity index (χ1n) is 5.83. The van der Waals surface area contributed by atoms with Gasteiger partial charge in [0, 0.05) is 6.61 Å². The highest BCUT2D eigenvalue weighted by Crippen LogP contribution is 2.18. The molecule has 0 radical (unpaired) electrons. The molecule has 0 aromatic carbocycles. The van der Waals surface area contributed by atoms with Gasteiger partial charge in [0.2, 0.25) is 0 Å². The van der Waals surface area contributed by atoms with Crippen molar-refractivity contribution >= 4 is 0 Å². The molecule has 1 rings (SSSR count). The SMILES string of the molecule is CN1CCC(CCNCCCO)CC1. The predicted octanol–water partition coefficient (Wildman–Crippen LogP) is 0.690. The normalized spacial score (nSPS) is 20.1. The first-order chi connectivity index (χ1) is 6.83. The number of aliphatic hydroxyl groups excluding tert-OH is 1. The van der Waals surface area contributed by atoms with Crippen LogP contribution in [-0.2, 0) is 0 Å². The number of nitrogens with one attached hydrogen (secondary N) is 1. The molecule has 0 bridgehead atoms. The van der Waals surface area contributed by atoms with Crippen molar-refractivity contribution in [3.05, 3.63) is 0 Å². The lowest BCUT2D eigenvalue weighted by Gasteiger charge is -2.28. The molecule has 2 N–H and O–H groups in total. The summed E-state index contributed by atoms with van der Waals surface area (Å²) < 4.78 is 0. The van der Waals surface area contributed by atoms with Crippen molar-refractivity contribution in [2.75, 3.05) is 39.8 Å². The van der Waals surface area contributed by atoms with Crippen LogP contribution in [0.2, 0.25) is 0 Å². The van der Waals surface area contributed by atoms with Crippen LogP contribution >= 0.6 is 0 Å². The second kappa shape index (κ2) is 7.21. The zero-order chi connectivity index (χ0) is 10.2. The maximum Gasteiger partial charge on any atom is 0.0443 e. The molecule has 0 aromatic heterocycles. The zero-order valence-corrected chi connectivity index (χ0v) is 9.34. The van der Waals surface area contributed by atoms with Gasteiger partial charge in [0.1, 0.15) is 0 Å². The van der Waals surface area contributed by atoms with Gasteiger partial charge in [-0.25, -0.2) is 0 Å². The van der Waals surface area contributed by atoms with Crippen LogP contribution in [0.25, 0.3) is 0 Å². The molecule has 0 saturated carbocycles. The van der Waals surface area contributed by atoms with Crippen molar-refractivity contribution in [3.8, 4) is 0 Å². The molecule has 0 aromatic rings. The van der Waals surface area contributed by atoms with E-state index in [4.69, 9.17) is 5.11 Å². The smallest absolute Gasteiger partial charge is 0.0443 e. The zero-order valence-electron chi connectivity index (χ0n) is 9.34. The Kier molecular flexibility index (Phi) is 6.15. The molecule has 0 unspecified atom stereocenters. The Labute approximate surface area is 87.5 Å². The van der Waals surface area contributed by atoms with Crippen LogP contribution in [0.3, 0.4) is 0 Å². The highest BCUT2D eigenvalue weighted by atomic mass is 16.3. The van der Waals surface area contributed by atoms with E-state index in [2.05, 4.69) is 17.3 Å². The van der Waals surface area contributed by atoms with Gasteiger partial charge in [0.25, 0.3) is 0 Å². The molecule has 1 aliphatic rings. The number of piperidine rings is 1. The van der Waals surface area contributed by atoms with Gasteiger partial charge in [-0.2, -0.15) is 0 Å². The van der Waals surface area contributed by atoms with E-state index >= 15 is 0 Å². The Morgan fingerprint density at radius 2 is 2.00 bits per heavy atom. The number of nitrogens with zero attached hydrogens (tertiary/aromatic N) is 1. The van der Waals surface area contributed by atoms with Crippen LogP contribution in [0.1, 0.15) is 25.7 Å². The lowest BCUT2D eigenvalue weighted by Crippen LogP contribution is -2.31. The minimum Gasteiger partial charge on any atom is -0.396 e. The average Bonchev–Trinajstić information content (AvgIpc) is 2.21. The van der Waals surface area contributed by atoms with Crippen molar-refractivity contribution in [1.29, 1.82) is 0 Å². The van der Waals surface area contributed by atoms with Gasteiger partial charge in [0.15, 0.2) is 0 Å². The summed E-state index contributed by atoms with van der Waals surface area (Å²) in [5, 5.41) is 12.0. The first-order valence-corrected chi connectivity index (χ1v) is 5.83. The van der Waals surface area contributed by atoms with E-state index in [-0.39, 0.29) is 0 Å². The molecule has 84 valence electrons. The van der Waals surface area contributed by atoms with Crippen molar-refractivity contribution < 1.29 is 5.11 Å². The quantitative estimate of drug-likeness (QED) is 0.619. The Morgan fingerprint density at radius 1 is 1.29 bits per heavy atom. The van der Waals surface area contributed by atoms with Gasteiger partial charge < -0.3 is 15.3 Å². The third-order valence-corrected chi connectivity index (χ3v) is 3.08. The van der Waals surface area contributed by atoms with Gasteiger partial charge in [-0.1, -0.05) is 0 Å². The summed E-state index contributed by atoms with van der Waals surface area (Å²) in [4.78, 5) is 2.41. The van der Waals surface area contributed by atoms with E-state index < -0.39 is 0 Å². The molecular weight excluding hydrogens is 176 g/mol. The topological polar surface area (TPSA) is 35.5 Å². The number of rotatable bonds is 6. The molecule has 3 nitrogen and oxygen atoms in total. The third-order valence-electron chi connectivity index (χ3n) is 3.08. The molecule has 1 fully saturated rings. The number of hydrogen-bond donors (Lipinski definition) is 2. The Bertz CT molecular complexity index is 133.